The van der Waals surface area contributed by atoms with Crippen molar-refractivity contribution in [3.8, 4) is 17.6 Å². The number of halogens is 2. The lowest BCUT2D eigenvalue weighted by Gasteiger charge is -2.10. The number of methoxy groups -OCH3 is 1. The Morgan fingerprint density at radius 2 is 2.00 bits per heavy atom. The highest BCUT2D eigenvalue weighted by Crippen LogP contribution is 2.32. The molecular formula is C19H14BrIN2O5. The van der Waals surface area contributed by atoms with Crippen LogP contribution in [0.5, 0.6) is 11.5 Å². The third kappa shape index (κ3) is 5.97. The zero-order valence-corrected chi connectivity index (χ0v) is 18.3. The standard InChI is InChI=1S/C19H14BrIN2O5/c1-27-14-4-2-13(3-5-14)23-19(26)12(9-22)6-11-7-15(20)18(16(21)8-11)28-10-17(24)25/h2-8H,10H2,1H3,(H,23,26)(H,24,25)/b12-6-. The van der Waals surface area contributed by atoms with Gasteiger partial charge in [0.2, 0.25) is 0 Å². The van der Waals surface area contributed by atoms with Crippen molar-refractivity contribution in [2.24, 2.45) is 0 Å². The van der Waals surface area contributed by atoms with Crippen LogP contribution in [-0.4, -0.2) is 30.7 Å². The lowest BCUT2D eigenvalue weighted by molar-refractivity contribution is -0.139. The molecule has 0 aliphatic rings. The molecule has 0 aliphatic heterocycles. The van der Waals surface area contributed by atoms with E-state index in [4.69, 9.17) is 14.6 Å². The summed E-state index contributed by atoms with van der Waals surface area (Å²) in [5.74, 6) is -0.612. The fraction of sp³-hybridized carbons (Fsp3) is 0.105. The maximum atomic E-state index is 12.4. The fourth-order valence-electron chi connectivity index (χ4n) is 2.12. The third-order valence-electron chi connectivity index (χ3n) is 3.38. The molecule has 0 aliphatic carbocycles. The molecule has 2 aromatic rings. The number of aliphatic carboxylic acids is 1. The van der Waals surface area contributed by atoms with Gasteiger partial charge in [0.1, 0.15) is 23.1 Å². The molecule has 0 saturated heterocycles. The first-order valence-electron chi connectivity index (χ1n) is 7.75. The van der Waals surface area contributed by atoms with E-state index < -0.39 is 18.5 Å². The summed E-state index contributed by atoms with van der Waals surface area (Å²) in [6.07, 6.45) is 1.44. The van der Waals surface area contributed by atoms with E-state index in [9.17, 15) is 14.9 Å². The third-order valence-corrected chi connectivity index (χ3v) is 4.77. The number of benzene rings is 2. The van der Waals surface area contributed by atoms with Crippen LogP contribution >= 0.6 is 38.5 Å². The van der Waals surface area contributed by atoms with Gasteiger partial charge in [-0.15, -0.1) is 0 Å². The Morgan fingerprint density at radius 3 is 2.54 bits per heavy atom. The number of carbonyl (C=O) groups excluding carboxylic acids is 1. The monoisotopic (exact) mass is 556 g/mol. The number of carboxylic acid groups (broad SMARTS) is 1. The van der Waals surface area contributed by atoms with E-state index in [0.29, 0.717) is 30.8 Å². The minimum absolute atomic E-state index is 0.0854. The summed E-state index contributed by atoms with van der Waals surface area (Å²) in [6, 6.07) is 11.9. The Kier molecular flexibility index (Phi) is 7.83. The van der Waals surface area contributed by atoms with Gasteiger partial charge in [0.25, 0.3) is 5.91 Å². The summed E-state index contributed by atoms with van der Waals surface area (Å²) in [5, 5.41) is 20.7. The number of anilines is 1. The molecule has 0 saturated carbocycles. The number of amides is 1. The van der Waals surface area contributed by atoms with E-state index in [1.807, 2.05) is 28.7 Å². The van der Waals surface area contributed by atoms with E-state index in [2.05, 4.69) is 21.2 Å². The average Bonchev–Trinajstić information content (AvgIpc) is 2.65. The van der Waals surface area contributed by atoms with E-state index in [0.717, 1.165) is 0 Å². The van der Waals surface area contributed by atoms with E-state index in [1.165, 1.54) is 6.08 Å². The Labute approximate surface area is 183 Å². The van der Waals surface area contributed by atoms with Crippen LogP contribution in [-0.2, 0) is 9.59 Å². The highest BCUT2D eigenvalue weighted by molar-refractivity contribution is 14.1. The summed E-state index contributed by atoms with van der Waals surface area (Å²) in [6.45, 7) is -0.475. The largest absolute Gasteiger partial charge is 0.497 e. The van der Waals surface area contributed by atoms with Crippen molar-refractivity contribution in [1.29, 1.82) is 5.26 Å². The molecule has 2 aromatic carbocycles. The second kappa shape index (κ2) is 10.1. The summed E-state index contributed by atoms with van der Waals surface area (Å²) >= 11 is 5.30. The molecular weight excluding hydrogens is 543 g/mol. The molecule has 7 nitrogen and oxygen atoms in total. The predicted molar refractivity (Wildman–Crippen MR) is 115 cm³/mol. The molecule has 0 atom stereocenters. The van der Waals surface area contributed by atoms with Crippen LogP contribution in [0.1, 0.15) is 5.56 Å². The molecule has 9 heteroatoms. The number of rotatable bonds is 7. The minimum atomic E-state index is -1.09. The van der Waals surface area contributed by atoms with Gasteiger partial charge in [0, 0.05) is 5.69 Å². The molecule has 2 N–H and O–H groups in total. The van der Waals surface area contributed by atoms with Gasteiger partial charge in [0.15, 0.2) is 6.61 Å². The second-order valence-electron chi connectivity index (χ2n) is 5.35. The summed E-state index contributed by atoms with van der Waals surface area (Å²) < 4.78 is 11.4. The van der Waals surface area contributed by atoms with Gasteiger partial charge in [-0.25, -0.2) is 4.79 Å². The first-order valence-corrected chi connectivity index (χ1v) is 9.62. The molecule has 0 radical (unpaired) electrons. The zero-order chi connectivity index (χ0) is 20.7. The molecule has 28 heavy (non-hydrogen) atoms. The van der Waals surface area contributed by atoms with Crippen LogP contribution in [0.15, 0.2) is 46.4 Å². The molecule has 0 unspecified atom stereocenters. The topological polar surface area (TPSA) is 109 Å². The zero-order valence-electron chi connectivity index (χ0n) is 14.5. The fourth-order valence-corrected chi connectivity index (χ4v) is 3.89. The van der Waals surface area contributed by atoms with Crippen molar-refractivity contribution in [3.05, 3.63) is 55.6 Å². The van der Waals surface area contributed by atoms with E-state index >= 15 is 0 Å². The van der Waals surface area contributed by atoms with Crippen molar-refractivity contribution in [2.75, 3.05) is 19.0 Å². The maximum absolute atomic E-state index is 12.4. The summed E-state index contributed by atoms with van der Waals surface area (Å²) in [7, 11) is 1.54. The van der Waals surface area contributed by atoms with Gasteiger partial charge in [-0.1, -0.05) is 0 Å². The van der Waals surface area contributed by atoms with Crippen LogP contribution in [0.25, 0.3) is 6.08 Å². The smallest absolute Gasteiger partial charge is 0.341 e. The number of hydrogen-bond acceptors (Lipinski definition) is 5. The van der Waals surface area contributed by atoms with Gasteiger partial charge >= 0.3 is 5.97 Å². The quantitative estimate of drug-likeness (QED) is 0.302. The van der Waals surface area contributed by atoms with Gasteiger partial charge in [0.05, 0.1) is 15.2 Å². The van der Waals surface area contributed by atoms with Gasteiger partial charge < -0.3 is 19.9 Å². The van der Waals surface area contributed by atoms with Crippen LogP contribution < -0.4 is 14.8 Å². The molecule has 0 bridgehead atoms. The predicted octanol–water partition coefficient (Wildman–Crippen LogP) is 4.07. The number of carbonyl (C=O) groups is 2. The van der Waals surface area contributed by atoms with Crippen LogP contribution in [0.4, 0.5) is 5.69 Å². The molecule has 2 rings (SSSR count). The van der Waals surface area contributed by atoms with E-state index in [-0.39, 0.29) is 5.57 Å². The maximum Gasteiger partial charge on any atom is 0.341 e. The van der Waals surface area contributed by atoms with Crippen molar-refractivity contribution >= 4 is 62.2 Å². The van der Waals surface area contributed by atoms with Crippen LogP contribution in [0.2, 0.25) is 0 Å². The molecule has 0 fully saturated rings. The highest BCUT2D eigenvalue weighted by atomic mass is 127. The van der Waals surface area contributed by atoms with Gasteiger partial charge in [-0.2, -0.15) is 5.26 Å². The van der Waals surface area contributed by atoms with Crippen LogP contribution in [0.3, 0.4) is 0 Å². The molecule has 144 valence electrons. The molecule has 0 spiro atoms. The Morgan fingerprint density at radius 1 is 1.32 bits per heavy atom. The van der Waals surface area contributed by atoms with Crippen molar-refractivity contribution in [2.45, 2.75) is 0 Å². The number of nitrogens with zero attached hydrogens (tertiary/aromatic N) is 1. The van der Waals surface area contributed by atoms with Crippen molar-refractivity contribution in [1.82, 2.24) is 0 Å². The number of ether oxygens (including phenoxy) is 2. The van der Waals surface area contributed by atoms with Crippen molar-refractivity contribution in [3.63, 3.8) is 0 Å². The van der Waals surface area contributed by atoms with Crippen molar-refractivity contribution < 1.29 is 24.2 Å². The Hall–Kier alpha value is -2.58. The number of nitriles is 1. The average molecular weight is 557 g/mol. The SMILES string of the molecule is COc1ccc(NC(=O)/C(C#N)=C\c2cc(Br)c(OCC(=O)O)c(I)c2)cc1. The normalized spacial score (nSPS) is 10.7. The first kappa shape index (κ1) is 21.7. The Balaban J connectivity index is 2.21. The number of carboxylic acids is 1. The Bertz CT molecular complexity index is 944. The first-order chi connectivity index (χ1) is 13.3. The lowest BCUT2D eigenvalue weighted by Crippen LogP contribution is -2.13. The molecule has 0 aromatic heterocycles. The van der Waals surface area contributed by atoms with E-state index in [1.54, 1.807) is 43.5 Å². The minimum Gasteiger partial charge on any atom is -0.497 e. The lowest BCUT2D eigenvalue weighted by atomic mass is 10.1. The van der Waals surface area contributed by atoms with Crippen LogP contribution in [0, 0.1) is 14.9 Å². The van der Waals surface area contributed by atoms with Gasteiger partial charge in [-0.3, -0.25) is 4.79 Å². The highest BCUT2D eigenvalue weighted by Gasteiger charge is 2.13. The molecule has 0 heterocycles. The number of nitrogens with one attached hydrogen (secondary N) is 1. The summed E-state index contributed by atoms with van der Waals surface area (Å²) in [4.78, 5) is 23.0. The summed E-state index contributed by atoms with van der Waals surface area (Å²) in [5.41, 5.74) is 1.03. The second-order valence-corrected chi connectivity index (χ2v) is 7.37. The molecule has 1 amide bonds. The van der Waals surface area contributed by atoms with Gasteiger partial charge in [-0.05, 0) is 86.6 Å². The number of hydrogen-bond donors (Lipinski definition) is 2.